The quantitative estimate of drug-likeness (QED) is 0.522. The number of carbonyl (C=O) groups excluding carboxylic acids is 4. The van der Waals surface area contributed by atoms with E-state index in [1.54, 1.807) is 14.6 Å². The standard InChI is InChI=1S/4CHO.3CH3.Fe.Sb.H/c4*1-2;;;;;;/h4*1H;3*1H3;;;. The molecule has 0 aromatic rings. The van der Waals surface area contributed by atoms with E-state index in [-0.39, 0.29) is 0 Å². The van der Waals surface area contributed by atoms with Crippen molar-refractivity contribution in [3.63, 3.8) is 0 Å². The second kappa shape index (κ2) is 3.64. The Labute approximate surface area is 79.2 Å². The zero-order chi connectivity index (χ0) is 10.8. The van der Waals surface area contributed by atoms with E-state index < -0.39 is 25.0 Å². The van der Waals surface area contributed by atoms with E-state index >= 15 is 0 Å². The third kappa shape index (κ3) is 1.54. The average molecular weight is 340 g/mol. The van der Waals surface area contributed by atoms with Gasteiger partial charge in [0.1, 0.15) is 0 Å². The molecule has 0 aliphatic heterocycles. The molecule has 0 aromatic carbocycles. The molecule has 0 aromatic heterocycles. The fourth-order valence-corrected chi connectivity index (χ4v) is 14.3. The summed E-state index contributed by atoms with van der Waals surface area (Å²) in [6.45, 7) is 0. The van der Waals surface area contributed by atoms with E-state index in [1.165, 1.54) is 0 Å². The molecule has 0 heterocycles. The Balaban J connectivity index is 5.92. The fourth-order valence-electron chi connectivity index (χ4n) is 0.618. The van der Waals surface area contributed by atoms with Crippen LogP contribution >= 0.6 is 0 Å². The molecule has 4 nitrogen and oxygen atoms in total. The Morgan fingerprint density at radius 3 is 1.00 bits per heavy atom. The number of hydrogen-bond donors (Lipinski definition) is 0. The molecule has 0 fully saturated rings. The second-order valence-electron chi connectivity index (χ2n) is 3.48. The molecule has 0 aliphatic carbocycles. The molecule has 0 amide bonds. The molecular weight excluding hydrogens is 326 g/mol. The van der Waals surface area contributed by atoms with E-state index in [2.05, 4.69) is 0 Å². The summed E-state index contributed by atoms with van der Waals surface area (Å²) < 4.78 is 0. The second-order valence-corrected chi connectivity index (χ2v) is 40.3. The molecule has 0 rings (SSSR count). The fraction of sp³-hybridized carbons (Fsp3) is 0.429. The minimum absolute atomic E-state index is 0.339. The van der Waals surface area contributed by atoms with E-state index in [1.807, 2.05) is 0 Å². The molecule has 0 bridgehead atoms. The predicted molar refractivity (Wildman–Crippen MR) is 51.7 cm³/mol. The van der Waals surface area contributed by atoms with Crippen molar-refractivity contribution < 1.29 is 27.6 Å². The van der Waals surface area contributed by atoms with Crippen LogP contribution in [0.1, 0.15) is 0 Å². The monoisotopic (exact) mass is 339 g/mol. The first-order valence-electron chi connectivity index (χ1n) is 3.44. The van der Waals surface area contributed by atoms with Gasteiger partial charge >= 0.3 is 79.5 Å². The van der Waals surface area contributed by atoms with Gasteiger partial charge in [0.2, 0.25) is 0 Å². The minimum atomic E-state index is -4.06. The summed E-state index contributed by atoms with van der Waals surface area (Å²) in [5.74, 6) is 0. The SMILES string of the molecule is [CH3][SbH]([CH3])([CH3])[Fe]([CH]=O)([CH]=O)([CH]=O)[CH]=O. The van der Waals surface area contributed by atoms with Gasteiger partial charge in [-0.3, -0.25) is 0 Å². The van der Waals surface area contributed by atoms with E-state index in [0.29, 0.717) is 20.7 Å². The molecule has 0 unspecified atom stereocenters. The van der Waals surface area contributed by atoms with E-state index in [0.717, 1.165) is 0 Å². The van der Waals surface area contributed by atoms with Gasteiger partial charge in [-0.25, -0.2) is 0 Å². The summed E-state index contributed by atoms with van der Waals surface area (Å²) in [6, 6.07) is 0. The van der Waals surface area contributed by atoms with Crippen molar-refractivity contribution in [3.05, 3.63) is 0 Å². The molecule has 13 heavy (non-hydrogen) atoms. The van der Waals surface area contributed by atoms with Gasteiger partial charge in [-0.1, -0.05) is 0 Å². The molecule has 0 spiro atoms. The Bertz CT molecular complexity index is 225. The summed E-state index contributed by atoms with van der Waals surface area (Å²) in [5, 5.41) is 1.36. The van der Waals surface area contributed by atoms with Crippen LogP contribution in [0.3, 0.4) is 0 Å². The van der Waals surface area contributed by atoms with Crippen LogP contribution in [0.4, 0.5) is 0 Å². The Kier molecular flexibility index (Phi) is 3.65. The van der Waals surface area contributed by atoms with Crippen molar-refractivity contribution in [1.82, 2.24) is 0 Å². The van der Waals surface area contributed by atoms with Crippen molar-refractivity contribution in [3.8, 4) is 0 Å². The first-order valence-corrected chi connectivity index (χ1v) is 19.3. The Morgan fingerprint density at radius 2 is 1.00 bits per heavy atom. The molecule has 0 N–H and O–H groups in total. The van der Waals surface area contributed by atoms with Crippen molar-refractivity contribution in [1.29, 1.82) is 0 Å². The predicted octanol–water partition coefficient (Wildman–Crippen LogP) is 0.00400. The number of carbonyl (C=O) groups is 4. The summed E-state index contributed by atoms with van der Waals surface area (Å²) in [7, 11) is -4.06. The Morgan fingerprint density at radius 1 is 0.769 bits per heavy atom. The van der Waals surface area contributed by atoms with E-state index in [4.69, 9.17) is 0 Å². The first-order chi connectivity index (χ1) is 5.82. The molecular formula is C7H14FeO4Sb. The molecule has 0 saturated carbocycles. The van der Waals surface area contributed by atoms with Crippen LogP contribution < -0.4 is 0 Å². The summed E-state index contributed by atoms with van der Waals surface area (Å²) in [5.41, 5.74) is 0. The number of hydrogen-bond acceptors (Lipinski definition) is 4. The normalized spacial score (nSPS) is 16.4. The molecule has 0 atom stereocenters. The average Bonchev–Trinajstić information content (AvgIpc) is 2.08. The van der Waals surface area contributed by atoms with Crippen LogP contribution in [-0.4, -0.2) is 37.3 Å². The maximum absolute atomic E-state index is 10.9. The van der Waals surface area contributed by atoms with E-state index in [9.17, 15) is 19.2 Å². The molecule has 6 heteroatoms. The number of rotatable bonds is 5. The Hall–Kier alpha value is 0.0177. The molecule has 0 radical (unpaired) electrons. The van der Waals surface area contributed by atoms with Crippen LogP contribution in [0.15, 0.2) is 0 Å². The van der Waals surface area contributed by atoms with Gasteiger partial charge in [-0.15, -0.1) is 0 Å². The van der Waals surface area contributed by atoms with Gasteiger partial charge in [0.05, 0.1) is 0 Å². The topological polar surface area (TPSA) is 68.3 Å². The van der Waals surface area contributed by atoms with Gasteiger partial charge in [0, 0.05) is 0 Å². The van der Waals surface area contributed by atoms with Gasteiger partial charge in [0.15, 0.2) is 0 Å². The van der Waals surface area contributed by atoms with Crippen LogP contribution in [-0.2, 0) is 27.6 Å². The van der Waals surface area contributed by atoms with Crippen molar-refractivity contribution in [2.45, 2.75) is 14.6 Å². The van der Waals surface area contributed by atoms with Gasteiger partial charge in [-0.05, 0) is 0 Å². The van der Waals surface area contributed by atoms with Crippen LogP contribution in [0.5, 0.6) is 0 Å². The van der Waals surface area contributed by atoms with Crippen molar-refractivity contribution in [2.75, 3.05) is 0 Å². The van der Waals surface area contributed by atoms with Crippen LogP contribution in [0.2, 0.25) is 14.6 Å². The molecule has 79 valence electrons. The van der Waals surface area contributed by atoms with Gasteiger partial charge in [0.25, 0.3) is 0 Å². The van der Waals surface area contributed by atoms with Gasteiger partial charge < -0.3 is 0 Å². The summed E-state index contributed by atoms with van der Waals surface area (Å²) in [6.07, 6.45) is 0. The summed E-state index contributed by atoms with van der Waals surface area (Å²) >= 11 is -3.18. The molecule has 0 aliphatic rings. The zero-order valence-electron chi connectivity index (χ0n) is 7.80. The van der Waals surface area contributed by atoms with Crippen molar-refractivity contribution >= 4 is 37.3 Å². The van der Waals surface area contributed by atoms with Gasteiger partial charge in [-0.2, -0.15) is 0 Å². The maximum atomic E-state index is 10.9. The summed E-state index contributed by atoms with van der Waals surface area (Å²) in [4.78, 5) is 48.9. The first kappa shape index (κ1) is 13.0. The van der Waals surface area contributed by atoms with Crippen LogP contribution in [0, 0.1) is 0 Å². The third-order valence-corrected chi connectivity index (χ3v) is 40.9. The third-order valence-electron chi connectivity index (χ3n) is 1.97. The molecule has 0 saturated heterocycles. The zero-order valence-corrected chi connectivity index (χ0v) is 11.8. The van der Waals surface area contributed by atoms with Crippen molar-refractivity contribution in [2.24, 2.45) is 0 Å². The van der Waals surface area contributed by atoms with Crippen LogP contribution in [0.25, 0.3) is 0 Å².